The number of hydrogen-bond donors (Lipinski definition) is 4. The quantitative estimate of drug-likeness (QED) is 0.292. The maximum absolute atomic E-state index is 12.9. The van der Waals surface area contributed by atoms with E-state index in [2.05, 4.69) is 5.32 Å². The fourth-order valence-corrected chi connectivity index (χ4v) is 2.90. The Kier molecular flexibility index (Phi) is 5.85. The SMILES string of the molecule is N=C(N)c1ccc(NC(=O)c2ccccc2-c2ccccc2C=CC(=O)O)cc1. The van der Waals surface area contributed by atoms with Crippen LogP contribution < -0.4 is 11.1 Å². The second-order valence-corrected chi connectivity index (χ2v) is 6.25. The van der Waals surface area contributed by atoms with E-state index in [0.29, 0.717) is 27.9 Å². The third-order valence-electron chi connectivity index (χ3n) is 4.28. The van der Waals surface area contributed by atoms with Crippen LogP contribution in [0, 0.1) is 5.41 Å². The van der Waals surface area contributed by atoms with E-state index in [9.17, 15) is 9.59 Å². The minimum atomic E-state index is -1.04. The van der Waals surface area contributed by atoms with Gasteiger partial charge in [-0.25, -0.2) is 4.79 Å². The average molecular weight is 385 g/mol. The van der Waals surface area contributed by atoms with Crippen molar-refractivity contribution in [3.8, 4) is 11.1 Å². The van der Waals surface area contributed by atoms with Gasteiger partial charge in [-0.15, -0.1) is 0 Å². The summed E-state index contributed by atoms with van der Waals surface area (Å²) in [4.78, 5) is 23.8. The fraction of sp³-hybridized carbons (Fsp3) is 0. The molecule has 0 saturated carbocycles. The first-order valence-electron chi connectivity index (χ1n) is 8.81. The molecule has 0 aliphatic heterocycles. The van der Waals surface area contributed by atoms with E-state index in [1.54, 1.807) is 42.5 Å². The Morgan fingerprint density at radius 1 is 0.897 bits per heavy atom. The molecule has 0 saturated heterocycles. The normalized spacial score (nSPS) is 10.6. The molecular formula is C23H19N3O3. The van der Waals surface area contributed by atoms with Gasteiger partial charge in [-0.05, 0) is 53.1 Å². The smallest absolute Gasteiger partial charge is 0.328 e. The number of carboxylic acid groups (broad SMARTS) is 1. The van der Waals surface area contributed by atoms with Gasteiger partial charge in [0.25, 0.3) is 5.91 Å². The maximum Gasteiger partial charge on any atom is 0.328 e. The summed E-state index contributed by atoms with van der Waals surface area (Å²) in [5.41, 5.74) is 9.20. The molecular weight excluding hydrogens is 366 g/mol. The molecule has 6 heteroatoms. The van der Waals surface area contributed by atoms with Gasteiger partial charge in [-0.3, -0.25) is 10.2 Å². The summed E-state index contributed by atoms with van der Waals surface area (Å²) in [6.45, 7) is 0. The molecule has 3 aromatic rings. The van der Waals surface area contributed by atoms with Crippen LogP contribution in [0.2, 0.25) is 0 Å². The molecule has 5 N–H and O–H groups in total. The fourth-order valence-electron chi connectivity index (χ4n) is 2.90. The molecule has 0 fully saturated rings. The van der Waals surface area contributed by atoms with Crippen molar-refractivity contribution in [2.24, 2.45) is 5.73 Å². The molecule has 6 nitrogen and oxygen atoms in total. The maximum atomic E-state index is 12.9. The topological polar surface area (TPSA) is 116 Å². The number of carboxylic acids is 1. The summed E-state index contributed by atoms with van der Waals surface area (Å²) in [5.74, 6) is -1.38. The average Bonchev–Trinajstić information content (AvgIpc) is 2.73. The van der Waals surface area contributed by atoms with Crippen LogP contribution >= 0.6 is 0 Å². The third-order valence-corrected chi connectivity index (χ3v) is 4.28. The Morgan fingerprint density at radius 3 is 2.17 bits per heavy atom. The van der Waals surface area contributed by atoms with Crippen LogP contribution in [0.3, 0.4) is 0 Å². The van der Waals surface area contributed by atoms with E-state index < -0.39 is 5.97 Å². The molecule has 29 heavy (non-hydrogen) atoms. The van der Waals surface area contributed by atoms with Crippen molar-refractivity contribution in [3.63, 3.8) is 0 Å². The van der Waals surface area contributed by atoms with Crippen molar-refractivity contribution in [2.75, 3.05) is 5.32 Å². The lowest BCUT2D eigenvalue weighted by atomic mass is 9.94. The number of anilines is 1. The largest absolute Gasteiger partial charge is 0.478 e. The van der Waals surface area contributed by atoms with Gasteiger partial charge < -0.3 is 16.2 Å². The monoisotopic (exact) mass is 385 g/mol. The third kappa shape index (κ3) is 4.75. The standard InChI is InChI=1S/C23H19N3O3/c24-22(25)16-9-12-17(13-10-16)26-23(29)20-8-4-3-7-19(20)18-6-2-1-5-15(18)11-14-21(27)28/h1-14H,(H3,24,25)(H,26,29)(H,27,28). The van der Waals surface area contributed by atoms with Gasteiger partial charge in [-0.2, -0.15) is 0 Å². The number of nitrogens with one attached hydrogen (secondary N) is 2. The van der Waals surface area contributed by atoms with Crippen LogP contribution in [-0.2, 0) is 4.79 Å². The first-order chi connectivity index (χ1) is 14.0. The summed E-state index contributed by atoms with van der Waals surface area (Å²) < 4.78 is 0. The number of carbonyl (C=O) groups excluding carboxylic acids is 1. The van der Waals surface area contributed by atoms with E-state index in [-0.39, 0.29) is 11.7 Å². The molecule has 144 valence electrons. The second-order valence-electron chi connectivity index (χ2n) is 6.25. The van der Waals surface area contributed by atoms with Crippen LogP contribution in [-0.4, -0.2) is 22.8 Å². The number of carbonyl (C=O) groups is 2. The molecule has 0 unspecified atom stereocenters. The van der Waals surface area contributed by atoms with Crippen molar-refractivity contribution >= 4 is 29.5 Å². The van der Waals surface area contributed by atoms with Crippen molar-refractivity contribution < 1.29 is 14.7 Å². The number of hydrogen-bond acceptors (Lipinski definition) is 3. The number of nitrogens with two attached hydrogens (primary N) is 1. The van der Waals surface area contributed by atoms with E-state index in [0.717, 1.165) is 11.6 Å². The highest BCUT2D eigenvalue weighted by molar-refractivity contribution is 6.09. The van der Waals surface area contributed by atoms with E-state index in [1.165, 1.54) is 6.08 Å². The summed E-state index contributed by atoms with van der Waals surface area (Å²) in [7, 11) is 0. The summed E-state index contributed by atoms with van der Waals surface area (Å²) in [6, 6.07) is 21.1. The molecule has 1 amide bonds. The van der Waals surface area contributed by atoms with Gasteiger partial charge in [0.05, 0.1) is 0 Å². The molecule has 3 aromatic carbocycles. The number of nitrogen functional groups attached to an aromatic ring is 1. The molecule has 0 spiro atoms. The lowest BCUT2D eigenvalue weighted by Gasteiger charge is -2.13. The van der Waals surface area contributed by atoms with E-state index in [1.807, 2.05) is 30.3 Å². The lowest BCUT2D eigenvalue weighted by molar-refractivity contribution is -0.131. The number of aliphatic carboxylic acids is 1. The molecule has 3 rings (SSSR count). The number of rotatable bonds is 6. The predicted octanol–water partition coefficient (Wildman–Crippen LogP) is 3.99. The van der Waals surface area contributed by atoms with Gasteiger partial charge >= 0.3 is 5.97 Å². The molecule has 0 aliphatic carbocycles. The Balaban J connectivity index is 1.94. The summed E-state index contributed by atoms with van der Waals surface area (Å²) in [5, 5.41) is 19.2. The van der Waals surface area contributed by atoms with Gasteiger partial charge in [-0.1, -0.05) is 42.5 Å². The summed E-state index contributed by atoms with van der Waals surface area (Å²) >= 11 is 0. The minimum Gasteiger partial charge on any atom is -0.478 e. The zero-order valence-electron chi connectivity index (χ0n) is 15.4. The molecule has 0 aliphatic rings. The Morgan fingerprint density at radius 2 is 1.52 bits per heavy atom. The van der Waals surface area contributed by atoms with Crippen LogP contribution in [0.25, 0.3) is 17.2 Å². The minimum absolute atomic E-state index is 0.0424. The van der Waals surface area contributed by atoms with Gasteiger partial charge in [0.15, 0.2) is 0 Å². The Hall–Kier alpha value is -4.19. The van der Waals surface area contributed by atoms with Gasteiger partial charge in [0, 0.05) is 22.9 Å². The van der Waals surface area contributed by atoms with Crippen LogP contribution in [0.15, 0.2) is 78.9 Å². The van der Waals surface area contributed by atoms with E-state index in [4.69, 9.17) is 16.2 Å². The zero-order valence-corrected chi connectivity index (χ0v) is 15.4. The molecule has 0 aromatic heterocycles. The summed E-state index contributed by atoms with van der Waals surface area (Å²) in [6.07, 6.45) is 2.57. The number of amidine groups is 1. The number of benzene rings is 3. The Bertz CT molecular complexity index is 1100. The molecule has 0 radical (unpaired) electrons. The van der Waals surface area contributed by atoms with Crippen LogP contribution in [0.4, 0.5) is 5.69 Å². The van der Waals surface area contributed by atoms with Crippen molar-refractivity contribution in [1.29, 1.82) is 5.41 Å². The van der Waals surface area contributed by atoms with Crippen LogP contribution in [0.1, 0.15) is 21.5 Å². The van der Waals surface area contributed by atoms with E-state index >= 15 is 0 Å². The highest BCUT2D eigenvalue weighted by Gasteiger charge is 2.14. The molecule has 0 atom stereocenters. The van der Waals surface area contributed by atoms with Crippen molar-refractivity contribution in [2.45, 2.75) is 0 Å². The zero-order chi connectivity index (χ0) is 20.8. The predicted molar refractivity (Wildman–Crippen MR) is 114 cm³/mol. The Labute approximate surface area is 167 Å². The molecule has 0 heterocycles. The molecule has 0 bridgehead atoms. The second kappa shape index (κ2) is 8.67. The highest BCUT2D eigenvalue weighted by atomic mass is 16.4. The van der Waals surface area contributed by atoms with Gasteiger partial charge in [0.2, 0.25) is 0 Å². The van der Waals surface area contributed by atoms with Crippen molar-refractivity contribution in [1.82, 2.24) is 0 Å². The number of amides is 1. The lowest BCUT2D eigenvalue weighted by Crippen LogP contribution is -2.14. The first-order valence-corrected chi connectivity index (χ1v) is 8.81. The first kappa shape index (κ1) is 19.6. The van der Waals surface area contributed by atoms with Crippen LogP contribution in [0.5, 0.6) is 0 Å². The van der Waals surface area contributed by atoms with Crippen molar-refractivity contribution in [3.05, 3.63) is 95.6 Å². The highest BCUT2D eigenvalue weighted by Crippen LogP contribution is 2.28. The van der Waals surface area contributed by atoms with Gasteiger partial charge in [0.1, 0.15) is 5.84 Å².